The van der Waals surface area contributed by atoms with E-state index in [9.17, 15) is 4.79 Å². The van der Waals surface area contributed by atoms with Crippen molar-refractivity contribution in [2.45, 2.75) is 40.5 Å². The fourth-order valence-corrected chi connectivity index (χ4v) is 2.09. The zero-order valence-electron chi connectivity index (χ0n) is 10.5. The molecule has 0 spiro atoms. The van der Waals surface area contributed by atoms with Crippen LogP contribution in [0, 0.1) is 26.7 Å². The van der Waals surface area contributed by atoms with E-state index in [4.69, 9.17) is 5.11 Å². The molecule has 0 aliphatic heterocycles. The Morgan fingerprint density at radius 1 is 1.25 bits per heavy atom. The molecule has 1 atom stereocenters. The van der Waals surface area contributed by atoms with E-state index in [1.165, 1.54) is 22.3 Å². The molecule has 0 saturated carbocycles. The molecule has 0 amide bonds. The molecule has 0 bridgehead atoms. The summed E-state index contributed by atoms with van der Waals surface area (Å²) >= 11 is 0. The Hall–Kier alpha value is -1.31. The van der Waals surface area contributed by atoms with Crippen LogP contribution in [0.25, 0.3) is 0 Å². The van der Waals surface area contributed by atoms with Crippen molar-refractivity contribution in [2.75, 3.05) is 0 Å². The topological polar surface area (TPSA) is 37.3 Å². The number of aryl methyl sites for hydroxylation is 3. The number of carboxylic acid groups (broad SMARTS) is 1. The number of carboxylic acids is 1. The first-order valence-electron chi connectivity index (χ1n) is 5.71. The fourth-order valence-electron chi connectivity index (χ4n) is 2.09. The first-order chi connectivity index (χ1) is 7.41. The minimum Gasteiger partial charge on any atom is -0.481 e. The van der Waals surface area contributed by atoms with Crippen molar-refractivity contribution in [3.8, 4) is 0 Å². The lowest BCUT2D eigenvalue weighted by Gasteiger charge is -2.12. The molecule has 2 heteroatoms. The highest BCUT2D eigenvalue weighted by molar-refractivity contribution is 5.69. The van der Waals surface area contributed by atoms with Crippen LogP contribution in [0.4, 0.5) is 0 Å². The molecule has 1 rings (SSSR count). The summed E-state index contributed by atoms with van der Waals surface area (Å²) in [5, 5.41) is 8.84. The van der Waals surface area contributed by atoms with Crippen LogP contribution in [0.2, 0.25) is 0 Å². The van der Waals surface area contributed by atoms with E-state index in [2.05, 4.69) is 32.9 Å². The third-order valence-corrected chi connectivity index (χ3v) is 3.09. The van der Waals surface area contributed by atoms with Gasteiger partial charge in [-0.15, -0.1) is 0 Å². The van der Waals surface area contributed by atoms with Gasteiger partial charge in [-0.3, -0.25) is 4.79 Å². The van der Waals surface area contributed by atoms with Gasteiger partial charge in [0, 0.05) is 0 Å². The lowest BCUT2D eigenvalue weighted by atomic mass is 9.93. The highest BCUT2D eigenvalue weighted by atomic mass is 16.4. The number of hydrogen-bond acceptors (Lipinski definition) is 1. The lowest BCUT2D eigenvalue weighted by Crippen LogP contribution is -2.11. The van der Waals surface area contributed by atoms with E-state index in [1.54, 1.807) is 6.92 Å². The molecule has 1 unspecified atom stereocenters. The molecular weight excluding hydrogens is 200 g/mol. The van der Waals surface area contributed by atoms with E-state index in [0.717, 1.165) is 6.42 Å². The van der Waals surface area contributed by atoms with Crippen LogP contribution in [0.1, 0.15) is 35.6 Å². The highest BCUT2D eigenvalue weighted by Crippen LogP contribution is 2.19. The van der Waals surface area contributed by atoms with E-state index in [1.807, 2.05) is 0 Å². The summed E-state index contributed by atoms with van der Waals surface area (Å²) in [5.41, 5.74) is 5.12. The Kier molecular flexibility index (Phi) is 4.11. The summed E-state index contributed by atoms with van der Waals surface area (Å²) in [7, 11) is 0. The van der Waals surface area contributed by atoms with Crippen LogP contribution < -0.4 is 0 Å². The molecule has 1 N–H and O–H groups in total. The summed E-state index contributed by atoms with van der Waals surface area (Å²) in [6, 6.07) is 4.32. The van der Waals surface area contributed by atoms with Gasteiger partial charge in [0.2, 0.25) is 0 Å². The maximum atomic E-state index is 10.7. The van der Waals surface area contributed by atoms with Gasteiger partial charge in [0.1, 0.15) is 0 Å². The number of carbonyl (C=O) groups is 1. The quantitative estimate of drug-likeness (QED) is 0.845. The molecule has 16 heavy (non-hydrogen) atoms. The minimum absolute atomic E-state index is 0.264. The third-order valence-electron chi connectivity index (χ3n) is 3.09. The van der Waals surface area contributed by atoms with Crippen molar-refractivity contribution in [1.82, 2.24) is 0 Å². The maximum absolute atomic E-state index is 10.7. The predicted molar refractivity (Wildman–Crippen MR) is 65.8 cm³/mol. The van der Waals surface area contributed by atoms with Gasteiger partial charge in [-0.1, -0.05) is 24.6 Å². The molecule has 0 fully saturated rings. The van der Waals surface area contributed by atoms with Crippen LogP contribution in [0.15, 0.2) is 12.1 Å². The second-order valence-corrected chi connectivity index (χ2v) is 4.66. The van der Waals surface area contributed by atoms with Gasteiger partial charge < -0.3 is 5.11 Å². The van der Waals surface area contributed by atoms with Gasteiger partial charge >= 0.3 is 5.97 Å². The Morgan fingerprint density at radius 3 is 2.19 bits per heavy atom. The van der Waals surface area contributed by atoms with Crippen LogP contribution in [-0.2, 0) is 11.2 Å². The molecule has 0 aliphatic carbocycles. The lowest BCUT2D eigenvalue weighted by molar-refractivity contribution is -0.141. The van der Waals surface area contributed by atoms with Gasteiger partial charge in [0.15, 0.2) is 0 Å². The second-order valence-electron chi connectivity index (χ2n) is 4.66. The SMILES string of the molecule is Cc1cc(C)c(CCC(C)C(=O)O)c(C)c1. The predicted octanol–water partition coefficient (Wildman–Crippen LogP) is 3.27. The molecule has 2 nitrogen and oxygen atoms in total. The van der Waals surface area contributed by atoms with Crippen molar-refractivity contribution < 1.29 is 9.90 Å². The average molecular weight is 220 g/mol. The van der Waals surface area contributed by atoms with Crippen LogP contribution in [0.3, 0.4) is 0 Å². The van der Waals surface area contributed by atoms with Gasteiger partial charge in [0.05, 0.1) is 5.92 Å². The summed E-state index contributed by atoms with van der Waals surface area (Å²) < 4.78 is 0. The largest absolute Gasteiger partial charge is 0.481 e. The molecule has 0 heterocycles. The molecule has 1 aromatic carbocycles. The first-order valence-corrected chi connectivity index (χ1v) is 5.71. The van der Waals surface area contributed by atoms with Crippen molar-refractivity contribution in [3.63, 3.8) is 0 Å². The minimum atomic E-state index is -0.706. The van der Waals surface area contributed by atoms with E-state index in [-0.39, 0.29) is 5.92 Å². The molecule has 1 aromatic rings. The second kappa shape index (κ2) is 5.15. The van der Waals surface area contributed by atoms with Crippen LogP contribution >= 0.6 is 0 Å². The Morgan fingerprint density at radius 2 is 1.75 bits per heavy atom. The van der Waals surface area contributed by atoms with Gasteiger partial charge in [-0.05, 0) is 50.3 Å². The standard InChI is InChI=1S/C14H20O2/c1-9-7-11(3)13(12(4)8-9)6-5-10(2)14(15)16/h7-8,10H,5-6H2,1-4H3,(H,15,16). The summed E-state index contributed by atoms with van der Waals surface area (Å²) in [6.45, 7) is 8.05. The van der Waals surface area contributed by atoms with Crippen LogP contribution in [-0.4, -0.2) is 11.1 Å². The van der Waals surface area contributed by atoms with E-state index >= 15 is 0 Å². The molecule has 0 aliphatic rings. The van der Waals surface area contributed by atoms with E-state index in [0.29, 0.717) is 6.42 Å². The highest BCUT2D eigenvalue weighted by Gasteiger charge is 2.12. The van der Waals surface area contributed by atoms with Gasteiger partial charge in [-0.25, -0.2) is 0 Å². The van der Waals surface area contributed by atoms with Gasteiger partial charge in [-0.2, -0.15) is 0 Å². The average Bonchev–Trinajstić information content (AvgIpc) is 2.15. The first kappa shape index (κ1) is 12.8. The summed E-state index contributed by atoms with van der Waals surface area (Å²) in [6.07, 6.45) is 1.56. The molecule has 0 radical (unpaired) electrons. The summed E-state index contributed by atoms with van der Waals surface area (Å²) in [5.74, 6) is -0.970. The Labute approximate surface area is 97.3 Å². The zero-order valence-corrected chi connectivity index (χ0v) is 10.5. The summed E-state index contributed by atoms with van der Waals surface area (Å²) in [4.78, 5) is 10.7. The normalized spacial score (nSPS) is 12.5. The Balaban J connectivity index is 2.78. The van der Waals surface area contributed by atoms with Crippen molar-refractivity contribution in [3.05, 3.63) is 34.4 Å². The zero-order chi connectivity index (χ0) is 12.3. The number of rotatable bonds is 4. The number of hydrogen-bond donors (Lipinski definition) is 1. The molecule has 0 aromatic heterocycles. The van der Waals surface area contributed by atoms with E-state index < -0.39 is 5.97 Å². The number of benzene rings is 1. The fraction of sp³-hybridized carbons (Fsp3) is 0.500. The number of aliphatic carboxylic acids is 1. The third kappa shape index (κ3) is 3.09. The molecule has 0 saturated heterocycles. The van der Waals surface area contributed by atoms with Crippen LogP contribution in [0.5, 0.6) is 0 Å². The molecule has 88 valence electrons. The van der Waals surface area contributed by atoms with Crippen molar-refractivity contribution >= 4 is 5.97 Å². The monoisotopic (exact) mass is 220 g/mol. The maximum Gasteiger partial charge on any atom is 0.306 e. The van der Waals surface area contributed by atoms with Crippen molar-refractivity contribution in [1.29, 1.82) is 0 Å². The Bertz CT molecular complexity index is 371. The van der Waals surface area contributed by atoms with Crippen molar-refractivity contribution in [2.24, 2.45) is 5.92 Å². The smallest absolute Gasteiger partial charge is 0.306 e. The van der Waals surface area contributed by atoms with Gasteiger partial charge in [0.25, 0.3) is 0 Å². The molecular formula is C14H20O2.